The van der Waals surface area contributed by atoms with Crippen LogP contribution in [0.25, 0.3) is 0 Å². The second kappa shape index (κ2) is 8.68. The molecule has 1 aliphatic rings. The summed E-state index contributed by atoms with van der Waals surface area (Å²) in [5.74, 6) is -1.28. The zero-order chi connectivity index (χ0) is 20.1. The van der Waals surface area contributed by atoms with Gasteiger partial charge >= 0.3 is 5.97 Å². The van der Waals surface area contributed by atoms with Gasteiger partial charge in [-0.2, -0.15) is 0 Å². The van der Waals surface area contributed by atoms with Crippen LogP contribution in [0.15, 0.2) is 29.5 Å². The number of hydrogen-bond acceptors (Lipinski definition) is 6. The number of benzene rings is 1. The van der Waals surface area contributed by atoms with E-state index in [0.29, 0.717) is 11.4 Å². The molecule has 8 heteroatoms. The van der Waals surface area contributed by atoms with E-state index in [-0.39, 0.29) is 48.7 Å². The smallest absolute Gasteiger partial charge is 0.337 e. The van der Waals surface area contributed by atoms with Crippen LogP contribution in [-0.4, -0.2) is 54.6 Å². The van der Waals surface area contributed by atoms with Crippen molar-refractivity contribution in [1.29, 1.82) is 0 Å². The van der Waals surface area contributed by atoms with Gasteiger partial charge in [0.25, 0.3) is 5.91 Å². The highest BCUT2D eigenvalue weighted by molar-refractivity contribution is 6.08. The lowest BCUT2D eigenvalue weighted by atomic mass is 10.1. The fourth-order valence-electron chi connectivity index (χ4n) is 2.60. The van der Waals surface area contributed by atoms with E-state index in [1.807, 2.05) is 13.0 Å². The molecule has 1 aromatic carbocycles. The number of carbonyl (C=O) groups is 3. The summed E-state index contributed by atoms with van der Waals surface area (Å²) >= 11 is 0. The number of rotatable bonds is 7. The van der Waals surface area contributed by atoms with Gasteiger partial charge in [-0.3, -0.25) is 9.59 Å². The number of ether oxygens (including phenoxy) is 1. The van der Waals surface area contributed by atoms with Crippen LogP contribution in [0.4, 0.5) is 11.4 Å². The molecule has 3 N–H and O–H groups in total. The van der Waals surface area contributed by atoms with Crippen LogP contribution in [0.2, 0.25) is 0 Å². The number of anilines is 2. The van der Waals surface area contributed by atoms with Gasteiger partial charge in [0.2, 0.25) is 5.91 Å². The molecule has 8 nitrogen and oxygen atoms in total. The van der Waals surface area contributed by atoms with Crippen molar-refractivity contribution in [3.05, 3.63) is 35.0 Å². The first kappa shape index (κ1) is 20.4. The standard InChI is InChI=1S/C19H25N3O5/c1-11(2)17(24)20-13-6-5-12(3)15(9-13)21-16-14(19(26)27-4)10-22(7-8-23)18(16)25/h5-6,9,11,21,23H,7-8,10H2,1-4H3,(H,20,24). The number of aryl methyl sites for hydroxylation is 1. The number of aliphatic hydroxyl groups is 1. The third kappa shape index (κ3) is 4.65. The number of esters is 1. The average Bonchev–Trinajstić information content (AvgIpc) is 2.93. The normalized spacial score (nSPS) is 14.0. The van der Waals surface area contributed by atoms with Gasteiger partial charge in [-0.05, 0) is 24.6 Å². The molecule has 0 fully saturated rings. The Balaban J connectivity index is 2.33. The summed E-state index contributed by atoms with van der Waals surface area (Å²) < 4.78 is 4.77. The first-order chi connectivity index (χ1) is 12.8. The maximum atomic E-state index is 12.6. The van der Waals surface area contributed by atoms with Crippen LogP contribution in [0.5, 0.6) is 0 Å². The van der Waals surface area contributed by atoms with Crippen LogP contribution in [0, 0.1) is 12.8 Å². The molecule has 2 rings (SSSR count). The first-order valence-corrected chi connectivity index (χ1v) is 8.68. The molecule has 0 bridgehead atoms. The molecule has 1 aromatic rings. The van der Waals surface area contributed by atoms with Gasteiger partial charge in [-0.25, -0.2) is 4.79 Å². The summed E-state index contributed by atoms with van der Waals surface area (Å²) in [4.78, 5) is 38.0. The number of amides is 2. The lowest BCUT2D eigenvalue weighted by molar-refractivity contribution is -0.136. The zero-order valence-corrected chi connectivity index (χ0v) is 16.0. The van der Waals surface area contributed by atoms with Crippen LogP contribution < -0.4 is 10.6 Å². The minimum absolute atomic E-state index is 0.0667. The molecule has 0 saturated heterocycles. The molecule has 0 saturated carbocycles. The molecule has 0 aliphatic carbocycles. The minimum atomic E-state index is -0.604. The van der Waals surface area contributed by atoms with E-state index in [9.17, 15) is 14.4 Å². The quantitative estimate of drug-likeness (QED) is 0.620. The highest BCUT2D eigenvalue weighted by atomic mass is 16.5. The highest BCUT2D eigenvalue weighted by Crippen LogP contribution is 2.27. The number of nitrogens with one attached hydrogen (secondary N) is 2. The van der Waals surface area contributed by atoms with E-state index in [1.165, 1.54) is 12.0 Å². The van der Waals surface area contributed by atoms with Crippen molar-refractivity contribution in [2.75, 3.05) is 37.4 Å². The Morgan fingerprint density at radius 1 is 1.33 bits per heavy atom. The lowest BCUT2D eigenvalue weighted by Gasteiger charge is -2.16. The second-order valence-electron chi connectivity index (χ2n) is 6.59. The predicted octanol–water partition coefficient (Wildman–Crippen LogP) is 1.26. The minimum Gasteiger partial charge on any atom is -0.466 e. The first-order valence-electron chi connectivity index (χ1n) is 8.68. The Kier molecular flexibility index (Phi) is 6.57. The molecule has 0 aromatic heterocycles. The number of β-amino-alcohol motifs (C(OH)–C–C–N with tert-alkyl or cyclic N) is 1. The number of methoxy groups -OCH3 is 1. The molecule has 146 valence electrons. The van der Waals surface area contributed by atoms with Crippen LogP contribution in [0.1, 0.15) is 19.4 Å². The van der Waals surface area contributed by atoms with Gasteiger partial charge in [-0.15, -0.1) is 0 Å². The van der Waals surface area contributed by atoms with E-state index in [1.54, 1.807) is 26.0 Å². The molecule has 0 radical (unpaired) electrons. The van der Waals surface area contributed by atoms with Crippen molar-refractivity contribution in [2.45, 2.75) is 20.8 Å². The van der Waals surface area contributed by atoms with E-state index in [0.717, 1.165) is 5.56 Å². The van der Waals surface area contributed by atoms with Gasteiger partial charge in [0.1, 0.15) is 5.70 Å². The van der Waals surface area contributed by atoms with Crippen LogP contribution >= 0.6 is 0 Å². The van der Waals surface area contributed by atoms with Crippen molar-refractivity contribution in [1.82, 2.24) is 4.90 Å². The van der Waals surface area contributed by atoms with Crippen LogP contribution in [-0.2, 0) is 19.1 Å². The van der Waals surface area contributed by atoms with Gasteiger partial charge < -0.3 is 25.4 Å². The SMILES string of the molecule is COC(=O)C1=C(Nc2cc(NC(=O)C(C)C)ccc2C)C(=O)N(CCO)C1. The largest absolute Gasteiger partial charge is 0.466 e. The highest BCUT2D eigenvalue weighted by Gasteiger charge is 2.34. The number of carbonyl (C=O) groups excluding carboxylic acids is 3. The zero-order valence-electron chi connectivity index (χ0n) is 16.0. The van der Waals surface area contributed by atoms with Gasteiger partial charge in [0, 0.05) is 23.8 Å². The fourth-order valence-corrected chi connectivity index (χ4v) is 2.60. The van der Waals surface area contributed by atoms with Crippen molar-refractivity contribution in [3.8, 4) is 0 Å². The third-order valence-electron chi connectivity index (χ3n) is 4.24. The van der Waals surface area contributed by atoms with Crippen LogP contribution in [0.3, 0.4) is 0 Å². The fraction of sp³-hybridized carbons (Fsp3) is 0.421. The van der Waals surface area contributed by atoms with Crippen molar-refractivity contribution < 1.29 is 24.2 Å². The predicted molar refractivity (Wildman–Crippen MR) is 101 cm³/mol. The lowest BCUT2D eigenvalue weighted by Crippen LogP contribution is -2.31. The van der Waals surface area contributed by atoms with E-state index in [2.05, 4.69) is 10.6 Å². The molecular formula is C19H25N3O5. The van der Waals surface area contributed by atoms with Gasteiger partial charge in [0.15, 0.2) is 0 Å². The molecular weight excluding hydrogens is 350 g/mol. The van der Waals surface area contributed by atoms with E-state index >= 15 is 0 Å². The van der Waals surface area contributed by atoms with Gasteiger partial charge in [-0.1, -0.05) is 19.9 Å². The second-order valence-corrected chi connectivity index (χ2v) is 6.59. The molecule has 27 heavy (non-hydrogen) atoms. The maximum Gasteiger partial charge on any atom is 0.337 e. The summed E-state index contributed by atoms with van der Waals surface area (Å²) in [7, 11) is 1.25. The molecule has 1 aliphatic heterocycles. The van der Waals surface area contributed by atoms with Crippen molar-refractivity contribution in [3.63, 3.8) is 0 Å². The molecule has 0 spiro atoms. The molecule has 0 unspecified atom stereocenters. The van der Waals surface area contributed by atoms with E-state index in [4.69, 9.17) is 9.84 Å². The van der Waals surface area contributed by atoms with Crippen molar-refractivity contribution in [2.24, 2.45) is 5.92 Å². The topological polar surface area (TPSA) is 108 Å². The Labute approximate surface area is 158 Å². The summed E-state index contributed by atoms with van der Waals surface area (Å²) in [6.07, 6.45) is 0. The summed E-state index contributed by atoms with van der Waals surface area (Å²) in [5, 5.41) is 14.9. The van der Waals surface area contributed by atoms with Gasteiger partial charge in [0.05, 0.1) is 25.8 Å². The third-order valence-corrected chi connectivity index (χ3v) is 4.24. The Bertz CT molecular complexity index is 786. The molecule has 2 amide bonds. The molecule has 0 atom stereocenters. The average molecular weight is 375 g/mol. The number of nitrogens with zero attached hydrogens (tertiary/aromatic N) is 1. The van der Waals surface area contributed by atoms with Crippen molar-refractivity contribution >= 4 is 29.2 Å². The Morgan fingerprint density at radius 3 is 2.63 bits per heavy atom. The number of aliphatic hydroxyl groups excluding tert-OH is 1. The monoisotopic (exact) mass is 375 g/mol. The molecule has 1 heterocycles. The summed E-state index contributed by atoms with van der Waals surface area (Å²) in [6.45, 7) is 5.42. The Hall–Kier alpha value is -2.87. The summed E-state index contributed by atoms with van der Waals surface area (Å²) in [6, 6.07) is 5.28. The summed E-state index contributed by atoms with van der Waals surface area (Å²) in [5.41, 5.74) is 2.33. The Morgan fingerprint density at radius 2 is 2.04 bits per heavy atom. The van der Waals surface area contributed by atoms with E-state index < -0.39 is 5.97 Å². The maximum absolute atomic E-state index is 12.6. The number of hydrogen-bond donors (Lipinski definition) is 3.